The molecule has 0 spiro atoms. The molecule has 9 rings (SSSR count). The Bertz CT molecular complexity index is 3030. The number of H-pyrrole nitrogens is 2. The van der Waals surface area contributed by atoms with Crippen molar-refractivity contribution in [1.82, 2.24) is 24.9 Å². The molecule has 0 amide bonds. The SMILES string of the molecule is OCCOc1c(F)c(F)c(-c2c3nc(c(-c4cccc(O)c4)c4ccc([nH]4)c(-c4cccc(O)c4)c4nc(c(-c5cccc(O)n5)c5ccc2[nH]5)C=C4)C=C3)c(F)c1F. The minimum atomic E-state index is -1.82. The molecule has 6 N–H and O–H groups in total. The molecule has 4 aromatic heterocycles. The first-order valence-electron chi connectivity index (χ1n) is 18.1. The van der Waals surface area contributed by atoms with Crippen molar-refractivity contribution in [3.8, 4) is 67.8 Å². The maximum Gasteiger partial charge on any atom is 0.211 e. The Morgan fingerprint density at radius 2 is 0.949 bits per heavy atom. The molecule has 8 bridgehead atoms. The summed E-state index contributed by atoms with van der Waals surface area (Å²) in [4.78, 5) is 20.8. The van der Waals surface area contributed by atoms with Gasteiger partial charge >= 0.3 is 0 Å². The summed E-state index contributed by atoms with van der Waals surface area (Å²) in [6.45, 7) is -1.30. The number of aliphatic hydroxyl groups is 1. The number of ether oxygens (including phenoxy) is 1. The van der Waals surface area contributed by atoms with Crippen LogP contribution in [0.1, 0.15) is 22.8 Å². The second-order valence-electron chi connectivity index (χ2n) is 13.5. The van der Waals surface area contributed by atoms with E-state index >= 15 is 17.6 Å². The standard InChI is InChI=1S/C45H29F4N5O5/c46-41-40(42(47)44(49)45(43(41)48)59-19-18-55)39-33-16-13-30(52-33)37(23-5-2-7-25(57)21-23)28-11-10-27(50-28)36(22-4-1-6-24(56)20-22)29-12-14-31(51-29)38(32-15-17-34(39)53-32)26-8-3-9-35(58)54-26/h1-17,20-21,50,53,55-57H,18-19H2,(H,54,58). The zero-order chi connectivity index (χ0) is 40.9. The van der Waals surface area contributed by atoms with Crippen LogP contribution in [0.2, 0.25) is 0 Å². The number of aromatic amines is 2. The van der Waals surface area contributed by atoms with E-state index in [0.717, 1.165) is 0 Å². The number of aromatic nitrogens is 5. The minimum absolute atomic E-state index is 0.0170. The zero-order valence-corrected chi connectivity index (χ0v) is 30.4. The first kappa shape index (κ1) is 36.9. The highest BCUT2D eigenvalue weighted by Gasteiger charge is 2.30. The summed E-state index contributed by atoms with van der Waals surface area (Å²) >= 11 is 0. The topological polar surface area (TPSA) is 160 Å². The average Bonchev–Trinajstić information content (AvgIpc) is 4.06. The summed E-state index contributed by atoms with van der Waals surface area (Å²) in [5.41, 5.74) is 3.61. The Morgan fingerprint density at radius 3 is 1.44 bits per heavy atom. The van der Waals surface area contributed by atoms with Gasteiger partial charge in [0.15, 0.2) is 17.4 Å². The maximum atomic E-state index is 16.3. The smallest absolute Gasteiger partial charge is 0.211 e. The third kappa shape index (κ3) is 6.50. The lowest BCUT2D eigenvalue weighted by Crippen LogP contribution is -2.09. The number of nitrogens with one attached hydrogen (secondary N) is 2. The van der Waals surface area contributed by atoms with E-state index in [-0.39, 0.29) is 51.1 Å². The molecule has 14 heteroatoms. The molecular formula is C45H29F4N5O5. The van der Waals surface area contributed by atoms with E-state index in [2.05, 4.69) is 15.0 Å². The molecule has 0 fully saturated rings. The molecule has 7 aromatic rings. The summed E-state index contributed by atoms with van der Waals surface area (Å²) in [5, 5.41) is 40.8. The predicted molar refractivity (Wildman–Crippen MR) is 216 cm³/mol. The Hall–Kier alpha value is -7.71. The van der Waals surface area contributed by atoms with Crippen LogP contribution in [0.5, 0.6) is 23.1 Å². The molecule has 0 saturated carbocycles. The monoisotopic (exact) mass is 795 g/mol. The highest BCUT2D eigenvalue weighted by atomic mass is 19.2. The normalized spacial score (nSPS) is 12.0. The zero-order valence-electron chi connectivity index (χ0n) is 30.4. The van der Waals surface area contributed by atoms with Gasteiger partial charge in [0.25, 0.3) is 0 Å². The van der Waals surface area contributed by atoms with Crippen LogP contribution in [0.3, 0.4) is 0 Å². The number of benzene rings is 3. The van der Waals surface area contributed by atoms with E-state index in [1.54, 1.807) is 78.9 Å². The first-order chi connectivity index (χ1) is 28.6. The van der Waals surface area contributed by atoms with E-state index in [9.17, 15) is 20.4 Å². The van der Waals surface area contributed by atoms with Crippen LogP contribution < -0.4 is 4.74 Å². The summed E-state index contributed by atoms with van der Waals surface area (Å²) < 4.78 is 68.8. The lowest BCUT2D eigenvalue weighted by molar-refractivity contribution is 0.187. The number of hydrogen-bond donors (Lipinski definition) is 6. The van der Waals surface area contributed by atoms with Gasteiger partial charge in [0.1, 0.15) is 18.1 Å². The number of pyridine rings is 1. The molecule has 0 aliphatic carbocycles. The van der Waals surface area contributed by atoms with E-state index in [4.69, 9.17) is 14.7 Å². The van der Waals surface area contributed by atoms with Crippen LogP contribution >= 0.6 is 0 Å². The van der Waals surface area contributed by atoms with Gasteiger partial charge in [0.2, 0.25) is 17.5 Å². The molecule has 292 valence electrons. The molecule has 0 unspecified atom stereocenters. The molecule has 0 radical (unpaired) electrons. The number of aliphatic hydroxyl groups excluding tert-OH is 1. The van der Waals surface area contributed by atoms with Gasteiger partial charge in [-0.25, -0.2) is 23.7 Å². The van der Waals surface area contributed by atoms with Crippen molar-refractivity contribution >= 4 is 46.4 Å². The van der Waals surface area contributed by atoms with Crippen LogP contribution in [-0.2, 0) is 0 Å². The van der Waals surface area contributed by atoms with Gasteiger partial charge in [-0.15, -0.1) is 0 Å². The van der Waals surface area contributed by atoms with Gasteiger partial charge in [0.05, 0.1) is 46.2 Å². The second kappa shape index (κ2) is 14.7. The molecule has 3 aromatic carbocycles. The first-order valence-corrected chi connectivity index (χ1v) is 18.1. The molecule has 10 nitrogen and oxygen atoms in total. The van der Waals surface area contributed by atoms with Gasteiger partial charge in [-0.1, -0.05) is 30.3 Å². The van der Waals surface area contributed by atoms with Gasteiger partial charge in [-0.2, -0.15) is 8.78 Å². The third-order valence-electron chi connectivity index (χ3n) is 9.82. The number of phenolic OH excluding ortho intramolecular Hbond substituents is 2. The molecule has 6 heterocycles. The minimum Gasteiger partial charge on any atom is -0.508 e. The maximum absolute atomic E-state index is 16.3. The van der Waals surface area contributed by atoms with Crippen molar-refractivity contribution in [2.75, 3.05) is 13.2 Å². The molecule has 0 saturated heterocycles. The number of fused-ring (bicyclic) bond motifs is 8. The van der Waals surface area contributed by atoms with Crippen molar-refractivity contribution in [2.45, 2.75) is 0 Å². The van der Waals surface area contributed by atoms with Crippen molar-refractivity contribution < 1.29 is 42.7 Å². The number of nitrogens with zero attached hydrogens (tertiary/aromatic N) is 3. The second-order valence-corrected chi connectivity index (χ2v) is 13.5. The molecule has 59 heavy (non-hydrogen) atoms. The summed E-state index contributed by atoms with van der Waals surface area (Å²) in [5.74, 6) is -8.86. The van der Waals surface area contributed by atoms with E-state index in [1.807, 2.05) is 6.07 Å². The van der Waals surface area contributed by atoms with Gasteiger partial charge in [-0.3, -0.25) is 0 Å². The van der Waals surface area contributed by atoms with Crippen LogP contribution in [0.25, 0.3) is 91.0 Å². The predicted octanol–water partition coefficient (Wildman–Crippen LogP) is 9.76. The lowest BCUT2D eigenvalue weighted by Gasteiger charge is -2.13. The highest BCUT2D eigenvalue weighted by molar-refractivity contribution is 5.99. The summed E-state index contributed by atoms with van der Waals surface area (Å²) in [6, 6.07) is 24.2. The number of aromatic hydroxyl groups is 3. The Kier molecular flexibility index (Phi) is 9.17. The number of phenols is 2. The Balaban J connectivity index is 1.49. The lowest BCUT2D eigenvalue weighted by atomic mass is 10.0. The van der Waals surface area contributed by atoms with Crippen molar-refractivity contribution in [2.24, 2.45) is 0 Å². The fourth-order valence-electron chi connectivity index (χ4n) is 7.34. The third-order valence-corrected chi connectivity index (χ3v) is 9.82. The fraction of sp³-hybridized carbons (Fsp3) is 0.0444. The van der Waals surface area contributed by atoms with Crippen molar-refractivity contribution in [3.05, 3.63) is 137 Å². The summed E-state index contributed by atoms with van der Waals surface area (Å²) in [6.07, 6.45) is 6.49. The number of hydrogen-bond acceptors (Lipinski definition) is 8. The Labute approximate surface area is 331 Å². The van der Waals surface area contributed by atoms with Crippen LogP contribution in [0, 0.1) is 23.3 Å². The van der Waals surface area contributed by atoms with E-state index < -0.39 is 47.8 Å². The molecule has 2 aliphatic rings. The molecular weight excluding hydrogens is 767 g/mol. The van der Waals surface area contributed by atoms with Crippen LogP contribution in [0.15, 0.2) is 91.0 Å². The molecule has 0 atom stereocenters. The highest BCUT2D eigenvalue weighted by Crippen LogP contribution is 2.42. The van der Waals surface area contributed by atoms with Crippen molar-refractivity contribution in [1.29, 1.82) is 0 Å². The van der Waals surface area contributed by atoms with Crippen molar-refractivity contribution in [3.63, 3.8) is 0 Å². The largest absolute Gasteiger partial charge is 0.508 e. The van der Waals surface area contributed by atoms with Crippen LogP contribution in [-0.4, -0.2) is 58.6 Å². The van der Waals surface area contributed by atoms with Gasteiger partial charge < -0.3 is 35.1 Å². The fourth-order valence-corrected chi connectivity index (χ4v) is 7.34. The summed E-state index contributed by atoms with van der Waals surface area (Å²) in [7, 11) is 0. The van der Waals surface area contributed by atoms with E-state index in [0.29, 0.717) is 50.2 Å². The average molecular weight is 796 g/mol. The molecule has 2 aliphatic heterocycles. The van der Waals surface area contributed by atoms with Gasteiger partial charge in [0, 0.05) is 44.9 Å². The van der Waals surface area contributed by atoms with Crippen LogP contribution in [0.4, 0.5) is 17.6 Å². The number of halogens is 4. The van der Waals surface area contributed by atoms with E-state index in [1.165, 1.54) is 30.3 Å². The van der Waals surface area contributed by atoms with Gasteiger partial charge in [-0.05, 0) is 90.0 Å². The number of rotatable bonds is 7. The quantitative estimate of drug-likeness (QED) is 0.0687. The Morgan fingerprint density at radius 1 is 0.492 bits per heavy atom.